The van der Waals surface area contributed by atoms with Crippen LogP contribution in [0.25, 0.3) is 0 Å². The van der Waals surface area contributed by atoms with Crippen LogP contribution in [0.15, 0.2) is 42.5 Å². The molecule has 1 fully saturated rings. The minimum atomic E-state index is -0.579. The van der Waals surface area contributed by atoms with E-state index >= 15 is 0 Å². The Hall–Kier alpha value is -1.55. The average molecular weight is 321 g/mol. The summed E-state index contributed by atoms with van der Waals surface area (Å²) in [6.45, 7) is 1.98. The van der Waals surface area contributed by atoms with Crippen LogP contribution in [0, 0.1) is 6.92 Å². The zero-order chi connectivity index (χ0) is 15.1. The highest BCUT2D eigenvalue weighted by atomic mass is 35.5. The van der Waals surface area contributed by atoms with Gasteiger partial charge in [-0.05, 0) is 42.3 Å². The summed E-state index contributed by atoms with van der Waals surface area (Å²) in [6, 6.07) is 12.2. The van der Waals surface area contributed by atoms with Crippen molar-refractivity contribution in [1.29, 1.82) is 0 Å². The SMILES string of the molecule is Cc1cccc(N2C(=O)[C@H](N)[C@@H]2c2ccc(Cl)cc2Cl)c1. The largest absolute Gasteiger partial charge is 0.318 e. The van der Waals surface area contributed by atoms with Crippen LogP contribution in [0.2, 0.25) is 10.0 Å². The molecular weight excluding hydrogens is 307 g/mol. The van der Waals surface area contributed by atoms with Gasteiger partial charge < -0.3 is 10.6 Å². The van der Waals surface area contributed by atoms with Gasteiger partial charge in [0.15, 0.2) is 0 Å². The van der Waals surface area contributed by atoms with Crippen molar-refractivity contribution < 1.29 is 4.79 Å². The lowest BCUT2D eigenvalue weighted by Gasteiger charge is -2.46. The lowest BCUT2D eigenvalue weighted by Crippen LogP contribution is -2.63. The number of aryl methyl sites for hydroxylation is 1. The van der Waals surface area contributed by atoms with E-state index in [-0.39, 0.29) is 11.9 Å². The Morgan fingerprint density at radius 3 is 2.57 bits per heavy atom. The number of hydrogen-bond donors (Lipinski definition) is 1. The molecule has 0 spiro atoms. The summed E-state index contributed by atoms with van der Waals surface area (Å²) in [6.07, 6.45) is 0. The molecule has 1 aliphatic heterocycles. The number of amides is 1. The second-order valence-corrected chi connectivity index (χ2v) is 6.03. The number of benzene rings is 2. The summed E-state index contributed by atoms with van der Waals surface area (Å²) in [5, 5.41) is 1.08. The van der Waals surface area contributed by atoms with Gasteiger partial charge in [-0.25, -0.2) is 0 Å². The monoisotopic (exact) mass is 320 g/mol. The smallest absolute Gasteiger partial charge is 0.247 e. The van der Waals surface area contributed by atoms with Gasteiger partial charge in [0.25, 0.3) is 0 Å². The third-order valence-corrected chi connectivity index (χ3v) is 4.26. The van der Waals surface area contributed by atoms with Crippen molar-refractivity contribution in [3.8, 4) is 0 Å². The topological polar surface area (TPSA) is 46.3 Å². The molecule has 2 N–H and O–H groups in total. The molecule has 0 unspecified atom stereocenters. The van der Waals surface area contributed by atoms with Crippen molar-refractivity contribution in [3.05, 3.63) is 63.6 Å². The molecule has 2 atom stereocenters. The molecule has 1 saturated heterocycles. The Bertz CT molecular complexity index is 717. The van der Waals surface area contributed by atoms with Gasteiger partial charge in [0.2, 0.25) is 5.91 Å². The summed E-state index contributed by atoms with van der Waals surface area (Å²) in [7, 11) is 0. The van der Waals surface area contributed by atoms with Crippen molar-refractivity contribution in [2.75, 3.05) is 4.90 Å². The van der Waals surface area contributed by atoms with Crippen molar-refractivity contribution in [3.63, 3.8) is 0 Å². The van der Waals surface area contributed by atoms with E-state index in [2.05, 4.69) is 0 Å². The van der Waals surface area contributed by atoms with Crippen LogP contribution in [-0.2, 0) is 4.79 Å². The Balaban J connectivity index is 2.02. The van der Waals surface area contributed by atoms with Crippen LogP contribution >= 0.6 is 23.2 Å². The predicted molar refractivity (Wildman–Crippen MR) is 85.8 cm³/mol. The molecule has 0 bridgehead atoms. The van der Waals surface area contributed by atoms with Crippen molar-refractivity contribution in [1.82, 2.24) is 0 Å². The first kappa shape index (κ1) is 14.4. The van der Waals surface area contributed by atoms with Crippen LogP contribution in [0.1, 0.15) is 17.2 Å². The Kier molecular flexibility index (Phi) is 3.66. The molecule has 21 heavy (non-hydrogen) atoms. The number of nitrogens with zero attached hydrogens (tertiary/aromatic N) is 1. The van der Waals surface area contributed by atoms with Crippen molar-refractivity contribution in [2.24, 2.45) is 5.73 Å². The van der Waals surface area contributed by atoms with Gasteiger partial charge in [0, 0.05) is 15.7 Å². The maximum absolute atomic E-state index is 12.2. The highest BCUT2D eigenvalue weighted by Crippen LogP contribution is 2.41. The third kappa shape index (κ3) is 2.42. The molecule has 1 aliphatic rings. The van der Waals surface area contributed by atoms with E-state index in [0.29, 0.717) is 10.0 Å². The number of anilines is 1. The highest BCUT2D eigenvalue weighted by Gasteiger charge is 2.47. The fourth-order valence-electron chi connectivity index (χ4n) is 2.65. The molecule has 0 aromatic heterocycles. The first-order valence-electron chi connectivity index (χ1n) is 6.59. The molecule has 5 heteroatoms. The molecular formula is C16H14Cl2N2O. The highest BCUT2D eigenvalue weighted by molar-refractivity contribution is 6.35. The lowest BCUT2D eigenvalue weighted by molar-refractivity contribution is -0.126. The van der Waals surface area contributed by atoms with Crippen LogP contribution in [0.5, 0.6) is 0 Å². The molecule has 3 nitrogen and oxygen atoms in total. The normalized spacial score (nSPS) is 21.3. The van der Waals surface area contributed by atoms with Crippen LogP contribution in [0.4, 0.5) is 5.69 Å². The van der Waals surface area contributed by atoms with E-state index in [1.807, 2.05) is 37.3 Å². The van der Waals surface area contributed by atoms with Crippen molar-refractivity contribution >= 4 is 34.8 Å². The van der Waals surface area contributed by atoms with Gasteiger partial charge in [-0.15, -0.1) is 0 Å². The van der Waals surface area contributed by atoms with Crippen LogP contribution in [0.3, 0.4) is 0 Å². The van der Waals surface area contributed by atoms with E-state index in [4.69, 9.17) is 28.9 Å². The molecule has 0 radical (unpaired) electrons. The maximum atomic E-state index is 12.2. The predicted octanol–water partition coefficient (Wildman–Crippen LogP) is 3.72. The molecule has 1 heterocycles. The molecule has 1 amide bonds. The molecule has 108 valence electrons. The van der Waals surface area contributed by atoms with Gasteiger partial charge in [-0.2, -0.15) is 0 Å². The fraction of sp³-hybridized carbons (Fsp3) is 0.188. The molecule has 0 aliphatic carbocycles. The number of hydrogen-bond acceptors (Lipinski definition) is 2. The van der Waals surface area contributed by atoms with Gasteiger partial charge in [0.1, 0.15) is 6.04 Å². The fourth-order valence-corrected chi connectivity index (χ4v) is 3.17. The number of halogens is 2. The van der Waals surface area contributed by atoms with E-state index in [1.165, 1.54) is 0 Å². The second-order valence-electron chi connectivity index (χ2n) is 5.18. The summed E-state index contributed by atoms with van der Waals surface area (Å²) < 4.78 is 0. The summed E-state index contributed by atoms with van der Waals surface area (Å²) in [4.78, 5) is 13.9. The number of carbonyl (C=O) groups is 1. The molecule has 2 aromatic carbocycles. The standard InChI is InChI=1S/C16H14Cl2N2O/c1-9-3-2-4-11(7-9)20-15(14(19)16(20)21)12-6-5-10(17)8-13(12)18/h2-8,14-15H,19H2,1H3/t14-,15+/m1/s1. The number of rotatable bonds is 2. The maximum Gasteiger partial charge on any atom is 0.247 e. The number of carbonyl (C=O) groups excluding carboxylic acids is 1. The van der Waals surface area contributed by atoms with E-state index in [9.17, 15) is 4.79 Å². The summed E-state index contributed by atoms with van der Waals surface area (Å²) in [5.41, 5.74) is 8.72. The van der Waals surface area contributed by atoms with Gasteiger partial charge in [0.05, 0.1) is 6.04 Å². The summed E-state index contributed by atoms with van der Waals surface area (Å²) in [5.74, 6) is -0.100. The van der Waals surface area contributed by atoms with E-state index in [1.54, 1.807) is 17.0 Å². The third-order valence-electron chi connectivity index (χ3n) is 3.70. The first-order chi connectivity index (χ1) is 9.99. The van der Waals surface area contributed by atoms with E-state index in [0.717, 1.165) is 16.8 Å². The van der Waals surface area contributed by atoms with Gasteiger partial charge in [-0.1, -0.05) is 41.4 Å². The second kappa shape index (κ2) is 5.34. The lowest BCUT2D eigenvalue weighted by atomic mass is 9.88. The summed E-state index contributed by atoms with van der Waals surface area (Å²) >= 11 is 12.2. The zero-order valence-corrected chi connectivity index (χ0v) is 12.9. The molecule has 2 aromatic rings. The first-order valence-corrected chi connectivity index (χ1v) is 7.35. The Labute approximate surface area is 133 Å². The molecule has 3 rings (SSSR count). The quantitative estimate of drug-likeness (QED) is 0.857. The van der Waals surface area contributed by atoms with Crippen LogP contribution in [-0.4, -0.2) is 11.9 Å². The Morgan fingerprint density at radius 2 is 1.90 bits per heavy atom. The molecule has 0 saturated carbocycles. The number of nitrogens with two attached hydrogens (primary N) is 1. The van der Waals surface area contributed by atoms with Crippen LogP contribution < -0.4 is 10.6 Å². The zero-order valence-electron chi connectivity index (χ0n) is 11.4. The van der Waals surface area contributed by atoms with Gasteiger partial charge >= 0.3 is 0 Å². The average Bonchev–Trinajstić information content (AvgIpc) is 2.45. The van der Waals surface area contributed by atoms with Gasteiger partial charge in [-0.3, -0.25) is 4.79 Å². The number of β-lactam (4-membered cyclic amide) rings is 1. The Morgan fingerprint density at radius 1 is 1.14 bits per heavy atom. The minimum Gasteiger partial charge on any atom is -0.318 e. The van der Waals surface area contributed by atoms with Crippen molar-refractivity contribution in [2.45, 2.75) is 19.0 Å². The minimum absolute atomic E-state index is 0.100. The van der Waals surface area contributed by atoms with E-state index < -0.39 is 6.04 Å².